The molecular formula is C24H26N4O4. The van der Waals surface area contributed by atoms with Crippen LogP contribution in [0.15, 0.2) is 59.4 Å². The van der Waals surface area contributed by atoms with Crippen molar-refractivity contribution < 1.29 is 14.3 Å². The van der Waals surface area contributed by atoms with Crippen LogP contribution in [0.3, 0.4) is 0 Å². The highest BCUT2D eigenvalue weighted by molar-refractivity contribution is 6.03. The number of ether oxygens (including phenoxy) is 1. The van der Waals surface area contributed by atoms with Crippen LogP contribution in [-0.4, -0.2) is 34.3 Å². The minimum absolute atomic E-state index is 0.0950. The van der Waals surface area contributed by atoms with Crippen LogP contribution in [-0.2, 0) is 16.6 Å². The van der Waals surface area contributed by atoms with Gasteiger partial charge in [-0.15, -0.1) is 0 Å². The van der Waals surface area contributed by atoms with Crippen LogP contribution in [0.4, 0.5) is 11.4 Å². The van der Waals surface area contributed by atoms with E-state index in [4.69, 9.17) is 4.74 Å². The van der Waals surface area contributed by atoms with E-state index in [0.29, 0.717) is 18.0 Å². The summed E-state index contributed by atoms with van der Waals surface area (Å²) in [6, 6.07) is 16.5. The number of rotatable bonds is 6. The summed E-state index contributed by atoms with van der Waals surface area (Å²) < 4.78 is 8.66. The van der Waals surface area contributed by atoms with Crippen LogP contribution in [0, 0.1) is 12.8 Å². The van der Waals surface area contributed by atoms with Crippen LogP contribution in [0.1, 0.15) is 19.0 Å². The quantitative estimate of drug-likeness (QED) is 0.647. The van der Waals surface area contributed by atoms with Gasteiger partial charge in [-0.1, -0.05) is 18.2 Å². The molecule has 0 radical (unpaired) electrons. The number of nitrogens with one attached hydrogen (secondary N) is 1. The van der Waals surface area contributed by atoms with E-state index in [9.17, 15) is 14.4 Å². The Labute approximate surface area is 186 Å². The van der Waals surface area contributed by atoms with E-state index >= 15 is 0 Å². The second-order valence-corrected chi connectivity index (χ2v) is 7.76. The summed E-state index contributed by atoms with van der Waals surface area (Å²) in [5.74, 6) is -0.275. The van der Waals surface area contributed by atoms with Crippen molar-refractivity contribution in [1.82, 2.24) is 9.36 Å². The van der Waals surface area contributed by atoms with Gasteiger partial charge in [0.15, 0.2) is 0 Å². The molecule has 0 aliphatic carbocycles. The number of nitrogens with zero attached hydrogens (tertiary/aromatic N) is 3. The Morgan fingerprint density at radius 1 is 1.06 bits per heavy atom. The molecule has 0 unspecified atom stereocenters. The molecule has 0 bridgehead atoms. The van der Waals surface area contributed by atoms with Crippen molar-refractivity contribution in [3.63, 3.8) is 0 Å². The van der Waals surface area contributed by atoms with Gasteiger partial charge in [-0.25, -0.2) is 4.68 Å². The number of hydrogen-bond donors (Lipinski definition) is 1. The van der Waals surface area contributed by atoms with Crippen LogP contribution in [0.25, 0.3) is 5.69 Å². The zero-order chi connectivity index (χ0) is 22.8. The molecule has 0 spiro atoms. The van der Waals surface area contributed by atoms with Crippen molar-refractivity contribution in [1.29, 1.82) is 0 Å². The Morgan fingerprint density at radius 3 is 2.41 bits per heavy atom. The van der Waals surface area contributed by atoms with E-state index in [1.165, 1.54) is 4.68 Å². The number of hydrogen-bond acceptors (Lipinski definition) is 4. The maximum absolute atomic E-state index is 13.0. The molecule has 1 atom stereocenters. The van der Waals surface area contributed by atoms with Crippen molar-refractivity contribution >= 4 is 23.2 Å². The van der Waals surface area contributed by atoms with Gasteiger partial charge in [0.25, 0.3) is 5.56 Å². The first-order valence-electron chi connectivity index (χ1n) is 10.6. The number of anilines is 2. The molecule has 0 saturated carbocycles. The van der Waals surface area contributed by atoms with Crippen LogP contribution in [0.2, 0.25) is 0 Å². The summed E-state index contributed by atoms with van der Waals surface area (Å²) in [7, 11) is 1.77. The molecule has 1 aliphatic heterocycles. The third-order valence-electron chi connectivity index (χ3n) is 5.76. The van der Waals surface area contributed by atoms with Crippen molar-refractivity contribution in [2.24, 2.45) is 13.0 Å². The fourth-order valence-corrected chi connectivity index (χ4v) is 3.96. The number of carbonyl (C=O) groups excluding carboxylic acids is 2. The highest BCUT2D eigenvalue weighted by atomic mass is 16.5. The van der Waals surface area contributed by atoms with Crippen molar-refractivity contribution in [3.8, 4) is 11.4 Å². The first-order valence-corrected chi connectivity index (χ1v) is 10.6. The minimum atomic E-state index is -0.543. The maximum Gasteiger partial charge on any atom is 0.295 e. The van der Waals surface area contributed by atoms with E-state index in [2.05, 4.69) is 5.32 Å². The van der Waals surface area contributed by atoms with E-state index < -0.39 is 5.92 Å². The number of para-hydroxylation sites is 1. The smallest absolute Gasteiger partial charge is 0.295 e. The number of amides is 2. The lowest BCUT2D eigenvalue weighted by Crippen LogP contribution is -2.29. The molecule has 2 aromatic carbocycles. The van der Waals surface area contributed by atoms with E-state index in [1.807, 2.05) is 49.4 Å². The van der Waals surface area contributed by atoms with Crippen LogP contribution < -0.4 is 20.5 Å². The summed E-state index contributed by atoms with van der Waals surface area (Å²) >= 11 is 0. The lowest BCUT2D eigenvalue weighted by molar-refractivity contribution is -0.122. The van der Waals surface area contributed by atoms with Crippen molar-refractivity contribution in [3.05, 3.63) is 70.6 Å². The summed E-state index contributed by atoms with van der Waals surface area (Å²) in [4.78, 5) is 40.2. The number of carbonyl (C=O) groups is 2. The second kappa shape index (κ2) is 8.74. The van der Waals surface area contributed by atoms with Gasteiger partial charge in [-0.3, -0.25) is 19.1 Å². The average molecular weight is 434 g/mol. The Morgan fingerprint density at radius 2 is 1.75 bits per heavy atom. The molecule has 3 aromatic rings. The lowest BCUT2D eigenvalue weighted by atomic mass is 10.1. The first kappa shape index (κ1) is 21.4. The molecule has 1 fully saturated rings. The summed E-state index contributed by atoms with van der Waals surface area (Å²) in [6.45, 7) is 4.51. The monoisotopic (exact) mass is 434 g/mol. The molecule has 2 heterocycles. The molecule has 1 saturated heterocycles. The maximum atomic E-state index is 13.0. The van der Waals surface area contributed by atoms with Gasteiger partial charge in [-0.05, 0) is 50.2 Å². The van der Waals surface area contributed by atoms with E-state index in [1.54, 1.807) is 35.7 Å². The molecule has 1 aliphatic rings. The molecule has 32 heavy (non-hydrogen) atoms. The third-order valence-corrected chi connectivity index (χ3v) is 5.76. The van der Waals surface area contributed by atoms with Gasteiger partial charge in [0.2, 0.25) is 11.8 Å². The Balaban J connectivity index is 1.52. The normalized spacial score (nSPS) is 15.8. The topological polar surface area (TPSA) is 85.6 Å². The molecule has 8 nitrogen and oxygen atoms in total. The molecule has 8 heteroatoms. The first-order chi connectivity index (χ1) is 15.4. The van der Waals surface area contributed by atoms with Crippen LogP contribution in [0.5, 0.6) is 5.75 Å². The van der Waals surface area contributed by atoms with Gasteiger partial charge in [-0.2, -0.15) is 0 Å². The Bertz CT molecular complexity index is 1200. The van der Waals surface area contributed by atoms with Gasteiger partial charge >= 0.3 is 0 Å². The molecule has 2 amide bonds. The predicted molar refractivity (Wildman–Crippen MR) is 122 cm³/mol. The zero-order valence-corrected chi connectivity index (χ0v) is 18.4. The Kier molecular flexibility index (Phi) is 5.85. The molecule has 1 N–H and O–H groups in total. The SMILES string of the molecule is CCOc1ccc(N2C[C@H](C(=O)Nc3c(C)n(C)n(-c4ccccc4)c3=O)CC2=O)cc1. The van der Waals surface area contributed by atoms with Gasteiger partial charge in [0.1, 0.15) is 11.4 Å². The highest BCUT2D eigenvalue weighted by Gasteiger charge is 2.36. The predicted octanol–water partition coefficient (Wildman–Crippen LogP) is 2.87. The third kappa shape index (κ3) is 3.91. The largest absolute Gasteiger partial charge is 0.494 e. The summed E-state index contributed by atoms with van der Waals surface area (Å²) in [6.07, 6.45) is 0.0950. The lowest BCUT2D eigenvalue weighted by Gasteiger charge is -2.17. The minimum Gasteiger partial charge on any atom is -0.494 e. The number of aromatic nitrogens is 2. The average Bonchev–Trinajstić information content (AvgIpc) is 3.28. The van der Waals surface area contributed by atoms with Crippen LogP contribution >= 0.6 is 0 Å². The highest BCUT2D eigenvalue weighted by Crippen LogP contribution is 2.28. The van der Waals surface area contributed by atoms with E-state index in [0.717, 1.165) is 11.4 Å². The summed E-state index contributed by atoms with van der Waals surface area (Å²) in [5.41, 5.74) is 1.99. The number of benzene rings is 2. The van der Waals surface area contributed by atoms with Crippen molar-refractivity contribution in [2.45, 2.75) is 20.3 Å². The second-order valence-electron chi connectivity index (χ2n) is 7.76. The molecule has 4 rings (SSSR count). The van der Waals surface area contributed by atoms with Crippen molar-refractivity contribution in [2.75, 3.05) is 23.4 Å². The van der Waals surface area contributed by atoms with E-state index in [-0.39, 0.29) is 36.0 Å². The zero-order valence-electron chi connectivity index (χ0n) is 18.4. The van der Waals surface area contributed by atoms with Gasteiger partial charge in [0, 0.05) is 25.7 Å². The molecular weight excluding hydrogens is 408 g/mol. The summed E-state index contributed by atoms with van der Waals surface area (Å²) in [5, 5.41) is 2.78. The fraction of sp³-hybridized carbons (Fsp3) is 0.292. The molecule has 1 aromatic heterocycles. The Hall–Kier alpha value is -3.81. The standard InChI is InChI=1S/C24H26N4O4/c1-4-32-20-12-10-18(11-13-20)27-15-17(14-21(27)29)23(30)25-22-16(2)26(3)28(24(22)31)19-8-6-5-7-9-19/h5-13,17H,4,14-15H2,1-3H3,(H,25,30)/t17-/m1/s1. The fourth-order valence-electron chi connectivity index (χ4n) is 3.96. The van der Waals surface area contributed by atoms with Gasteiger partial charge < -0.3 is 15.0 Å². The van der Waals surface area contributed by atoms with Gasteiger partial charge in [0.05, 0.1) is 23.9 Å². The molecule has 166 valence electrons.